The summed E-state index contributed by atoms with van der Waals surface area (Å²) in [5.74, 6) is -0.185. The van der Waals surface area contributed by atoms with Crippen LogP contribution in [0.5, 0.6) is 0 Å². The standard InChI is InChI=1S/C18H22FN/c1-4-20-18(15-7-9-17(19)10-8-15)12-16-11-13(2)5-6-14(16)3/h5-11,18,20H,4,12H2,1-3H3. The number of nitrogens with one attached hydrogen (secondary N) is 1. The smallest absolute Gasteiger partial charge is 0.123 e. The SMILES string of the molecule is CCNC(Cc1cc(C)ccc1C)c1ccc(F)cc1. The van der Waals surface area contributed by atoms with Crippen molar-refractivity contribution in [3.8, 4) is 0 Å². The Morgan fingerprint density at radius 2 is 1.75 bits per heavy atom. The van der Waals surface area contributed by atoms with E-state index in [9.17, 15) is 4.39 Å². The van der Waals surface area contributed by atoms with Gasteiger partial charge in [0.05, 0.1) is 0 Å². The first-order chi connectivity index (χ1) is 9.60. The van der Waals surface area contributed by atoms with Gasteiger partial charge in [-0.2, -0.15) is 0 Å². The highest BCUT2D eigenvalue weighted by molar-refractivity contribution is 5.33. The molecule has 2 aromatic rings. The topological polar surface area (TPSA) is 12.0 Å². The van der Waals surface area contributed by atoms with Crippen LogP contribution < -0.4 is 5.32 Å². The van der Waals surface area contributed by atoms with Gasteiger partial charge in [0.25, 0.3) is 0 Å². The van der Waals surface area contributed by atoms with E-state index >= 15 is 0 Å². The Morgan fingerprint density at radius 1 is 1.05 bits per heavy atom. The molecular formula is C18H22FN. The van der Waals surface area contributed by atoms with Gasteiger partial charge in [-0.1, -0.05) is 42.8 Å². The van der Waals surface area contributed by atoms with E-state index in [1.54, 1.807) is 0 Å². The number of hydrogen-bond acceptors (Lipinski definition) is 1. The number of rotatable bonds is 5. The first kappa shape index (κ1) is 14.7. The van der Waals surface area contributed by atoms with Crippen LogP contribution in [0.3, 0.4) is 0 Å². The summed E-state index contributed by atoms with van der Waals surface area (Å²) in [5, 5.41) is 3.49. The average Bonchev–Trinajstić information content (AvgIpc) is 2.43. The summed E-state index contributed by atoms with van der Waals surface area (Å²) in [7, 11) is 0. The molecule has 1 nitrogen and oxygen atoms in total. The molecule has 0 heterocycles. The fraction of sp³-hybridized carbons (Fsp3) is 0.333. The first-order valence-electron chi connectivity index (χ1n) is 7.15. The molecule has 2 rings (SSSR count). The molecule has 0 aliphatic rings. The van der Waals surface area contributed by atoms with Crippen LogP contribution in [0.25, 0.3) is 0 Å². The van der Waals surface area contributed by atoms with Crippen LogP contribution in [-0.4, -0.2) is 6.54 Å². The van der Waals surface area contributed by atoms with Crippen molar-refractivity contribution in [2.75, 3.05) is 6.54 Å². The monoisotopic (exact) mass is 271 g/mol. The lowest BCUT2D eigenvalue weighted by atomic mass is 9.95. The molecule has 1 atom stereocenters. The zero-order valence-corrected chi connectivity index (χ0v) is 12.4. The second-order valence-corrected chi connectivity index (χ2v) is 5.30. The third-order valence-electron chi connectivity index (χ3n) is 3.65. The second kappa shape index (κ2) is 6.67. The summed E-state index contributed by atoms with van der Waals surface area (Å²) in [6, 6.07) is 13.6. The van der Waals surface area contributed by atoms with Crippen LogP contribution in [0.2, 0.25) is 0 Å². The molecule has 0 amide bonds. The largest absolute Gasteiger partial charge is 0.310 e. The number of halogens is 1. The minimum atomic E-state index is -0.185. The molecule has 2 heteroatoms. The van der Waals surface area contributed by atoms with Gasteiger partial charge in [0.15, 0.2) is 0 Å². The summed E-state index contributed by atoms with van der Waals surface area (Å²) in [4.78, 5) is 0. The van der Waals surface area contributed by atoms with Crippen molar-refractivity contribution in [1.29, 1.82) is 0 Å². The number of hydrogen-bond donors (Lipinski definition) is 1. The molecule has 20 heavy (non-hydrogen) atoms. The highest BCUT2D eigenvalue weighted by Crippen LogP contribution is 2.21. The van der Waals surface area contributed by atoms with Crippen molar-refractivity contribution in [2.24, 2.45) is 0 Å². The Kier molecular flexibility index (Phi) is 4.91. The molecule has 0 radical (unpaired) electrons. The minimum absolute atomic E-state index is 0.185. The van der Waals surface area contributed by atoms with Gasteiger partial charge < -0.3 is 5.32 Å². The number of likely N-dealkylation sites (N-methyl/N-ethyl adjacent to an activating group) is 1. The van der Waals surface area contributed by atoms with Crippen LogP contribution in [-0.2, 0) is 6.42 Å². The van der Waals surface area contributed by atoms with Crippen LogP contribution in [0.15, 0.2) is 42.5 Å². The maximum Gasteiger partial charge on any atom is 0.123 e. The average molecular weight is 271 g/mol. The highest BCUT2D eigenvalue weighted by Gasteiger charge is 2.12. The van der Waals surface area contributed by atoms with Crippen molar-refractivity contribution in [3.05, 3.63) is 70.5 Å². The Hall–Kier alpha value is -1.67. The molecule has 0 aliphatic carbocycles. The maximum absolute atomic E-state index is 13.1. The summed E-state index contributed by atoms with van der Waals surface area (Å²) >= 11 is 0. The fourth-order valence-electron chi connectivity index (χ4n) is 2.49. The fourth-order valence-corrected chi connectivity index (χ4v) is 2.49. The Balaban J connectivity index is 2.25. The molecule has 1 unspecified atom stereocenters. The summed E-state index contributed by atoms with van der Waals surface area (Å²) in [5.41, 5.74) is 5.06. The molecule has 0 aromatic heterocycles. The van der Waals surface area contributed by atoms with Crippen molar-refractivity contribution in [3.63, 3.8) is 0 Å². The van der Waals surface area contributed by atoms with E-state index in [4.69, 9.17) is 0 Å². The summed E-state index contributed by atoms with van der Waals surface area (Å²) < 4.78 is 13.1. The minimum Gasteiger partial charge on any atom is -0.310 e. The van der Waals surface area contributed by atoms with Gasteiger partial charge in [0.1, 0.15) is 5.82 Å². The predicted molar refractivity (Wildman–Crippen MR) is 82.4 cm³/mol. The van der Waals surface area contributed by atoms with Crippen molar-refractivity contribution in [2.45, 2.75) is 33.2 Å². The Labute approximate surface area is 120 Å². The predicted octanol–water partition coefficient (Wildman–Crippen LogP) is 4.34. The molecule has 0 bridgehead atoms. The van der Waals surface area contributed by atoms with Gasteiger partial charge in [-0.05, 0) is 55.6 Å². The van der Waals surface area contributed by atoms with E-state index in [-0.39, 0.29) is 11.9 Å². The molecule has 0 fully saturated rings. The third-order valence-corrected chi connectivity index (χ3v) is 3.65. The van der Waals surface area contributed by atoms with Crippen molar-refractivity contribution >= 4 is 0 Å². The lowest BCUT2D eigenvalue weighted by molar-refractivity contribution is 0.546. The second-order valence-electron chi connectivity index (χ2n) is 5.30. The number of aryl methyl sites for hydroxylation is 2. The first-order valence-corrected chi connectivity index (χ1v) is 7.15. The van der Waals surface area contributed by atoms with Gasteiger partial charge in [0.2, 0.25) is 0 Å². The van der Waals surface area contributed by atoms with Gasteiger partial charge in [-0.15, -0.1) is 0 Å². The Morgan fingerprint density at radius 3 is 2.40 bits per heavy atom. The highest BCUT2D eigenvalue weighted by atomic mass is 19.1. The normalized spacial score (nSPS) is 12.4. The van der Waals surface area contributed by atoms with Crippen LogP contribution >= 0.6 is 0 Å². The maximum atomic E-state index is 13.1. The van der Waals surface area contributed by atoms with Crippen LogP contribution in [0.4, 0.5) is 4.39 Å². The van der Waals surface area contributed by atoms with Crippen LogP contribution in [0, 0.1) is 19.7 Å². The Bertz CT molecular complexity index is 560. The molecule has 0 saturated heterocycles. The van der Waals surface area contributed by atoms with E-state index in [1.165, 1.54) is 28.8 Å². The molecule has 0 spiro atoms. The van der Waals surface area contributed by atoms with E-state index in [1.807, 2.05) is 12.1 Å². The molecule has 1 N–H and O–H groups in total. The van der Waals surface area contributed by atoms with E-state index in [0.29, 0.717) is 0 Å². The molecule has 106 valence electrons. The van der Waals surface area contributed by atoms with Crippen molar-refractivity contribution in [1.82, 2.24) is 5.32 Å². The molecule has 0 aliphatic heterocycles. The molecule has 2 aromatic carbocycles. The van der Waals surface area contributed by atoms with Crippen molar-refractivity contribution < 1.29 is 4.39 Å². The van der Waals surface area contributed by atoms with E-state index in [2.05, 4.69) is 44.3 Å². The van der Waals surface area contributed by atoms with Crippen LogP contribution in [0.1, 0.15) is 35.2 Å². The number of benzene rings is 2. The quantitative estimate of drug-likeness (QED) is 0.853. The molecular weight excluding hydrogens is 249 g/mol. The summed E-state index contributed by atoms with van der Waals surface area (Å²) in [6.45, 7) is 7.25. The lowest BCUT2D eigenvalue weighted by Crippen LogP contribution is -2.23. The van der Waals surface area contributed by atoms with Gasteiger partial charge >= 0.3 is 0 Å². The third kappa shape index (κ3) is 3.67. The van der Waals surface area contributed by atoms with E-state index < -0.39 is 0 Å². The summed E-state index contributed by atoms with van der Waals surface area (Å²) in [6.07, 6.45) is 0.924. The van der Waals surface area contributed by atoms with E-state index in [0.717, 1.165) is 18.5 Å². The van der Waals surface area contributed by atoms with Gasteiger partial charge in [-0.3, -0.25) is 0 Å². The van der Waals surface area contributed by atoms with Gasteiger partial charge in [0, 0.05) is 6.04 Å². The van der Waals surface area contributed by atoms with Gasteiger partial charge in [-0.25, -0.2) is 4.39 Å². The zero-order valence-electron chi connectivity index (χ0n) is 12.4. The lowest BCUT2D eigenvalue weighted by Gasteiger charge is -2.20. The zero-order chi connectivity index (χ0) is 14.5. The molecule has 0 saturated carbocycles.